The Bertz CT molecular complexity index is 382. The highest BCUT2D eigenvalue weighted by molar-refractivity contribution is 5.04. The third kappa shape index (κ3) is 1.51. The van der Waals surface area contributed by atoms with E-state index in [1.54, 1.807) is 0 Å². The maximum absolute atomic E-state index is 13.0. The van der Waals surface area contributed by atoms with Gasteiger partial charge in [-0.15, -0.1) is 8.78 Å². The van der Waals surface area contributed by atoms with Crippen molar-refractivity contribution >= 4 is 0 Å². The van der Waals surface area contributed by atoms with Crippen LogP contribution in [0, 0.1) is 0 Å². The molecule has 4 nitrogen and oxygen atoms in total. The molecule has 0 unspecified atom stereocenters. The number of ether oxygens (including phenoxy) is 4. The van der Waals surface area contributed by atoms with Gasteiger partial charge >= 0.3 is 36.3 Å². The van der Waals surface area contributed by atoms with Gasteiger partial charge in [0, 0.05) is 0 Å². The second-order valence-corrected chi connectivity index (χ2v) is 3.07. The van der Waals surface area contributed by atoms with Gasteiger partial charge in [0.05, 0.1) is 0 Å². The van der Waals surface area contributed by atoms with Crippen LogP contribution >= 0.6 is 0 Å². The van der Waals surface area contributed by atoms with E-state index >= 15 is 0 Å². The predicted molar refractivity (Wildman–Crippen MR) is 31.2 cm³/mol. The average Bonchev–Trinajstić information content (AvgIpc) is 2.38. The summed E-state index contributed by atoms with van der Waals surface area (Å²) in [7, 11) is 0. The van der Waals surface area contributed by atoms with E-state index in [9.17, 15) is 35.1 Å². The van der Waals surface area contributed by atoms with E-state index in [4.69, 9.17) is 0 Å². The first kappa shape index (κ1) is 13.1. The summed E-state index contributed by atoms with van der Waals surface area (Å²) in [6.07, 6.45) is -16.6. The van der Waals surface area contributed by atoms with Gasteiger partial charge in [0.1, 0.15) is 0 Å². The van der Waals surface area contributed by atoms with E-state index < -0.39 is 36.3 Å². The summed E-state index contributed by atoms with van der Waals surface area (Å²) in [6.45, 7) is 0. The lowest BCUT2D eigenvalue weighted by Crippen LogP contribution is -2.70. The fourth-order valence-corrected chi connectivity index (χ4v) is 1.21. The Morgan fingerprint density at radius 2 is 1.00 bits per heavy atom. The van der Waals surface area contributed by atoms with E-state index in [0.29, 0.717) is 0 Å². The minimum Gasteiger partial charge on any atom is -0.408 e. The first-order valence-electron chi connectivity index (χ1n) is 3.89. The van der Waals surface area contributed by atoms with Crippen LogP contribution in [0.2, 0.25) is 0 Å². The van der Waals surface area contributed by atoms with E-state index in [-0.39, 0.29) is 0 Å². The molecular formula is C6F8O4. The molecule has 0 aromatic rings. The largest absolute Gasteiger partial charge is 0.495 e. The van der Waals surface area contributed by atoms with Gasteiger partial charge in [-0.05, 0) is 0 Å². The fourth-order valence-electron chi connectivity index (χ4n) is 1.21. The highest BCUT2D eigenvalue weighted by Gasteiger charge is 2.87. The minimum atomic E-state index is -5.61. The molecule has 2 rings (SSSR count). The summed E-state index contributed by atoms with van der Waals surface area (Å²) in [6, 6.07) is -5.18. The molecule has 0 radical (unpaired) electrons. The summed E-state index contributed by atoms with van der Waals surface area (Å²) in [4.78, 5) is 0. The van der Waals surface area contributed by atoms with E-state index in [0.717, 1.165) is 0 Å². The Balaban J connectivity index is 2.47. The molecular weight excluding hydrogens is 288 g/mol. The van der Waals surface area contributed by atoms with Crippen LogP contribution in [-0.2, 0) is 18.9 Å². The van der Waals surface area contributed by atoms with Crippen LogP contribution in [0.4, 0.5) is 35.1 Å². The van der Waals surface area contributed by atoms with E-state index in [2.05, 4.69) is 18.9 Å². The molecule has 0 amide bonds. The molecule has 1 spiro atoms. The zero-order chi connectivity index (χ0) is 14.0. The van der Waals surface area contributed by atoms with Gasteiger partial charge < -0.3 is 9.47 Å². The van der Waals surface area contributed by atoms with E-state index in [1.807, 2.05) is 0 Å². The standard InChI is InChI=1S/C6F8O4/c7-1-2(8)16-3(15-1)4(9,10)17-6(13,14)18-5(3,11)12. The van der Waals surface area contributed by atoms with Gasteiger partial charge in [0.15, 0.2) is 0 Å². The lowest BCUT2D eigenvalue weighted by atomic mass is 10.2. The second-order valence-electron chi connectivity index (χ2n) is 3.07. The number of halogens is 8. The first-order valence-corrected chi connectivity index (χ1v) is 3.89. The third-order valence-electron chi connectivity index (χ3n) is 1.88. The summed E-state index contributed by atoms with van der Waals surface area (Å²) < 4.78 is 113. The van der Waals surface area contributed by atoms with Gasteiger partial charge in [-0.2, -0.15) is 26.3 Å². The van der Waals surface area contributed by atoms with Crippen LogP contribution in [0.3, 0.4) is 0 Å². The van der Waals surface area contributed by atoms with Crippen LogP contribution in [0.5, 0.6) is 0 Å². The van der Waals surface area contributed by atoms with Crippen molar-refractivity contribution in [1.29, 1.82) is 0 Å². The number of hydrogen-bond acceptors (Lipinski definition) is 4. The molecule has 2 aliphatic rings. The Kier molecular flexibility index (Phi) is 2.32. The van der Waals surface area contributed by atoms with Crippen LogP contribution in [-0.4, -0.2) is 24.3 Å². The van der Waals surface area contributed by atoms with Crippen molar-refractivity contribution in [1.82, 2.24) is 0 Å². The van der Waals surface area contributed by atoms with Crippen molar-refractivity contribution < 1.29 is 54.1 Å². The van der Waals surface area contributed by atoms with Gasteiger partial charge in [-0.3, -0.25) is 0 Å². The van der Waals surface area contributed by atoms with Gasteiger partial charge in [0.25, 0.3) is 0 Å². The smallest absolute Gasteiger partial charge is 0.408 e. The van der Waals surface area contributed by atoms with Crippen LogP contribution < -0.4 is 0 Å². The molecule has 2 heterocycles. The van der Waals surface area contributed by atoms with Crippen molar-refractivity contribution in [2.24, 2.45) is 0 Å². The number of rotatable bonds is 0. The van der Waals surface area contributed by atoms with Crippen molar-refractivity contribution in [3.63, 3.8) is 0 Å². The maximum Gasteiger partial charge on any atom is 0.495 e. The van der Waals surface area contributed by atoms with Crippen molar-refractivity contribution in [3.8, 4) is 0 Å². The third-order valence-corrected chi connectivity index (χ3v) is 1.88. The van der Waals surface area contributed by atoms with Gasteiger partial charge in [-0.1, -0.05) is 0 Å². The molecule has 0 atom stereocenters. The Morgan fingerprint density at radius 3 is 1.33 bits per heavy atom. The molecule has 18 heavy (non-hydrogen) atoms. The molecule has 104 valence electrons. The second kappa shape index (κ2) is 3.17. The van der Waals surface area contributed by atoms with Crippen LogP contribution in [0.1, 0.15) is 0 Å². The topological polar surface area (TPSA) is 36.9 Å². The summed E-state index contributed by atoms with van der Waals surface area (Å²) in [5, 5.41) is 0. The molecule has 12 heteroatoms. The van der Waals surface area contributed by atoms with Gasteiger partial charge in [-0.25, -0.2) is 9.47 Å². The molecule has 0 N–H and O–H groups in total. The zero-order valence-corrected chi connectivity index (χ0v) is 7.66. The molecule has 0 bridgehead atoms. The van der Waals surface area contributed by atoms with Crippen LogP contribution in [0.25, 0.3) is 0 Å². The van der Waals surface area contributed by atoms with Crippen LogP contribution in [0.15, 0.2) is 12.0 Å². The normalized spacial score (nSPS) is 31.1. The molecule has 0 aromatic heterocycles. The Hall–Kier alpha value is -1.30. The molecule has 1 fully saturated rings. The van der Waals surface area contributed by atoms with Crippen molar-refractivity contribution in [2.75, 3.05) is 0 Å². The molecule has 0 aromatic carbocycles. The summed E-state index contributed by atoms with van der Waals surface area (Å²) >= 11 is 0. The first-order chi connectivity index (χ1) is 7.93. The zero-order valence-electron chi connectivity index (χ0n) is 7.66. The lowest BCUT2D eigenvalue weighted by molar-refractivity contribution is -0.632. The Morgan fingerprint density at radius 1 is 0.667 bits per heavy atom. The predicted octanol–water partition coefficient (Wildman–Crippen LogP) is 2.58. The highest BCUT2D eigenvalue weighted by Crippen LogP contribution is 2.58. The van der Waals surface area contributed by atoms with Crippen molar-refractivity contribution in [2.45, 2.75) is 24.3 Å². The average molecular weight is 288 g/mol. The van der Waals surface area contributed by atoms with Crippen molar-refractivity contribution in [3.05, 3.63) is 12.0 Å². The molecule has 2 aliphatic heterocycles. The van der Waals surface area contributed by atoms with Gasteiger partial charge in [0.2, 0.25) is 0 Å². The minimum absolute atomic E-state index is 2.55. The monoisotopic (exact) mass is 288 g/mol. The molecule has 1 saturated heterocycles. The SMILES string of the molecule is FC1=C(F)OC2(O1)C(F)(F)OC(F)(F)OC2(F)F. The quantitative estimate of drug-likeness (QED) is 0.642. The maximum atomic E-state index is 13.0. The number of alkyl halides is 6. The van der Waals surface area contributed by atoms with E-state index in [1.165, 1.54) is 0 Å². The summed E-state index contributed by atoms with van der Waals surface area (Å²) in [5.41, 5.74) is 0. The highest BCUT2D eigenvalue weighted by atomic mass is 19.3. The lowest BCUT2D eigenvalue weighted by Gasteiger charge is -2.43. The molecule has 0 saturated carbocycles. The number of hydrogen-bond donors (Lipinski definition) is 0. The Labute approximate surface area is 91.6 Å². The fraction of sp³-hybridized carbons (Fsp3) is 0.667. The summed E-state index contributed by atoms with van der Waals surface area (Å²) in [5.74, 6) is -4.85. The molecule has 0 aliphatic carbocycles.